The van der Waals surface area contributed by atoms with E-state index in [2.05, 4.69) is 4.74 Å². The zero-order valence-corrected chi connectivity index (χ0v) is 13.2. The van der Waals surface area contributed by atoms with Crippen molar-refractivity contribution in [2.45, 2.75) is 55.4 Å². The minimum Gasteiger partial charge on any atom is -0.386 e. The molecule has 1 aliphatic rings. The molecule has 0 fully saturated rings. The van der Waals surface area contributed by atoms with Gasteiger partial charge in [0.25, 0.3) is 0 Å². The van der Waals surface area contributed by atoms with Gasteiger partial charge in [-0.25, -0.2) is 9.59 Å². The summed E-state index contributed by atoms with van der Waals surface area (Å²) in [5, 5.41) is 0. The second-order valence-electron chi connectivity index (χ2n) is 3.93. The standard InChI is InChI=1S/C12H12O3.2C2H6/c1-5-6(2)8(4)10-9(7(5)3)11(13)15-12(10)14;2*1-2/h1-4H3;2*1-2H3. The first-order valence-electron chi connectivity index (χ1n) is 6.82. The third-order valence-electron chi connectivity index (χ3n) is 3.28. The van der Waals surface area contributed by atoms with Crippen LogP contribution in [0.2, 0.25) is 0 Å². The fourth-order valence-electron chi connectivity index (χ4n) is 2.01. The molecular formula is C16H24O3. The van der Waals surface area contributed by atoms with Gasteiger partial charge < -0.3 is 4.74 Å². The third-order valence-corrected chi connectivity index (χ3v) is 3.28. The van der Waals surface area contributed by atoms with Crippen molar-refractivity contribution in [3.05, 3.63) is 33.4 Å². The molecule has 0 atom stereocenters. The average molecular weight is 264 g/mol. The van der Waals surface area contributed by atoms with E-state index in [1.807, 2.05) is 55.4 Å². The van der Waals surface area contributed by atoms with Crippen LogP contribution < -0.4 is 0 Å². The maximum Gasteiger partial charge on any atom is 0.347 e. The number of hydrogen-bond acceptors (Lipinski definition) is 3. The first kappa shape index (κ1) is 17.4. The highest BCUT2D eigenvalue weighted by atomic mass is 16.6. The number of benzene rings is 1. The van der Waals surface area contributed by atoms with Crippen LogP contribution >= 0.6 is 0 Å². The number of rotatable bonds is 0. The number of carbonyl (C=O) groups is 2. The summed E-state index contributed by atoms with van der Waals surface area (Å²) in [6.45, 7) is 15.6. The van der Waals surface area contributed by atoms with Gasteiger partial charge in [0.1, 0.15) is 0 Å². The molecule has 1 heterocycles. The molecule has 0 saturated carbocycles. The van der Waals surface area contributed by atoms with Crippen molar-refractivity contribution < 1.29 is 14.3 Å². The normalized spacial score (nSPS) is 11.8. The fraction of sp³-hybridized carbons (Fsp3) is 0.500. The lowest BCUT2D eigenvalue weighted by molar-refractivity contribution is 0.0443. The van der Waals surface area contributed by atoms with E-state index in [9.17, 15) is 9.59 Å². The molecule has 0 N–H and O–H groups in total. The van der Waals surface area contributed by atoms with Crippen molar-refractivity contribution >= 4 is 11.9 Å². The molecule has 0 aliphatic carbocycles. The van der Waals surface area contributed by atoms with Gasteiger partial charge in [-0.15, -0.1) is 0 Å². The SMILES string of the molecule is CC.CC.Cc1c(C)c(C)c2c(c1C)C(=O)OC2=O. The number of carbonyl (C=O) groups excluding carboxylic acids is 2. The van der Waals surface area contributed by atoms with Crippen LogP contribution in [0.15, 0.2) is 0 Å². The van der Waals surface area contributed by atoms with E-state index in [0.717, 1.165) is 22.3 Å². The van der Waals surface area contributed by atoms with Crippen LogP contribution in [-0.2, 0) is 4.74 Å². The van der Waals surface area contributed by atoms with Gasteiger partial charge in [-0.1, -0.05) is 27.7 Å². The number of cyclic esters (lactones) is 2. The topological polar surface area (TPSA) is 43.4 Å². The molecule has 0 aromatic heterocycles. The van der Waals surface area contributed by atoms with E-state index >= 15 is 0 Å². The van der Waals surface area contributed by atoms with Gasteiger partial charge in [-0.05, 0) is 49.9 Å². The highest BCUT2D eigenvalue weighted by Crippen LogP contribution is 2.31. The molecule has 106 valence electrons. The molecule has 19 heavy (non-hydrogen) atoms. The molecule has 2 rings (SSSR count). The first-order chi connectivity index (χ1) is 8.95. The third kappa shape index (κ3) is 2.86. The van der Waals surface area contributed by atoms with E-state index < -0.39 is 11.9 Å². The summed E-state index contributed by atoms with van der Waals surface area (Å²) in [7, 11) is 0. The largest absolute Gasteiger partial charge is 0.386 e. The van der Waals surface area contributed by atoms with Crippen molar-refractivity contribution in [2.75, 3.05) is 0 Å². The lowest BCUT2D eigenvalue weighted by Crippen LogP contribution is -2.04. The minimum atomic E-state index is -0.515. The molecule has 0 bridgehead atoms. The van der Waals surface area contributed by atoms with Gasteiger partial charge >= 0.3 is 11.9 Å². The molecule has 0 saturated heterocycles. The lowest BCUT2D eigenvalue weighted by Gasteiger charge is -2.11. The van der Waals surface area contributed by atoms with Crippen LogP contribution in [0.1, 0.15) is 70.7 Å². The van der Waals surface area contributed by atoms with Gasteiger partial charge in [-0.2, -0.15) is 0 Å². The molecule has 3 nitrogen and oxygen atoms in total. The Kier molecular flexibility index (Phi) is 6.46. The van der Waals surface area contributed by atoms with Crippen LogP contribution in [-0.4, -0.2) is 11.9 Å². The van der Waals surface area contributed by atoms with E-state index in [1.54, 1.807) is 0 Å². The molecular weight excluding hydrogens is 240 g/mol. The van der Waals surface area contributed by atoms with Crippen LogP contribution in [0.5, 0.6) is 0 Å². The predicted molar refractivity (Wildman–Crippen MR) is 77.8 cm³/mol. The maximum atomic E-state index is 11.5. The summed E-state index contributed by atoms with van der Waals surface area (Å²) in [6, 6.07) is 0. The lowest BCUT2D eigenvalue weighted by atomic mass is 9.90. The van der Waals surface area contributed by atoms with Crippen LogP contribution in [0, 0.1) is 27.7 Å². The number of ether oxygens (including phenoxy) is 1. The molecule has 0 unspecified atom stereocenters. The fourth-order valence-corrected chi connectivity index (χ4v) is 2.01. The molecule has 3 heteroatoms. The molecule has 0 spiro atoms. The van der Waals surface area contributed by atoms with Crippen LogP contribution in [0.25, 0.3) is 0 Å². The van der Waals surface area contributed by atoms with E-state index in [-0.39, 0.29) is 0 Å². The molecule has 1 aromatic rings. The van der Waals surface area contributed by atoms with E-state index in [4.69, 9.17) is 0 Å². The Morgan fingerprint density at radius 3 is 1.11 bits per heavy atom. The second-order valence-corrected chi connectivity index (χ2v) is 3.93. The highest BCUT2D eigenvalue weighted by Gasteiger charge is 2.34. The van der Waals surface area contributed by atoms with Crippen LogP contribution in [0.4, 0.5) is 0 Å². The summed E-state index contributed by atoms with van der Waals surface area (Å²) >= 11 is 0. The zero-order valence-electron chi connectivity index (χ0n) is 13.2. The van der Waals surface area contributed by atoms with Gasteiger partial charge in [0, 0.05) is 0 Å². The number of hydrogen-bond donors (Lipinski definition) is 0. The van der Waals surface area contributed by atoms with E-state index in [1.165, 1.54) is 0 Å². The van der Waals surface area contributed by atoms with Crippen LogP contribution in [0.3, 0.4) is 0 Å². The smallest absolute Gasteiger partial charge is 0.347 e. The van der Waals surface area contributed by atoms with E-state index in [0.29, 0.717) is 11.1 Å². The van der Waals surface area contributed by atoms with Gasteiger partial charge in [0.15, 0.2) is 0 Å². The summed E-state index contributed by atoms with van der Waals surface area (Å²) in [5.41, 5.74) is 4.70. The van der Waals surface area contributed by atoms with Crippen molar-refractivity contribution in [1.82, 2.24) is 0 Å². The predicted octanol–water partition coefficient (Wildman–Crippen LogP) is 4.28. The number of esters is 2. The Balaban J connectivity index is 0.000000741. The Bertz CT molecular complexity index is 454. The summed E-state index contributed by atoms with van der Waals surface area (Å²) in [4.78, 5) is 22.9. The van der Waals surface area contributed by atoms with Crippen molar-refractivity contribution in [3.8, 4) is 0 Å². The Morgan fingerprint density at radius 2 is 0.842 bits per heavy atom. The van der Waals surface area contributed by atoms with Gasteiger partial charge in [0.2, 0.25) is 0 Å². The summed E-state index contributed by atoms with van der Waals surface area (Å²) < 4.78 is 4.63. The van der Waals surface area contributed by atoms with Gasteiger partial charge in [-0.3, -0.25) is 0 Å². The zero-order chi connectivity index (χ0) is 15.3. The maximum absolute atomic E-state index is 11.5. The molecule has 1 aliphatic heterocycles. The van der Waals surface area contributed by atoms with Crippen molar-refractivity contribution in [1.29, 1.82) is 0 Å². The first-order valence-corrected chi connectivity index (χ1v) is 6.82. The summed E-state index contributed by atoms with van der Waals surface area (Å²) in [6.07, 6.45) is 0. The molecule has 0 amide bonds. The monoisotopic (exact) mass is 264 g/mol. The van der Waals surface area contributed by atoms with Gasteiger partial charge in [0.05, 0.1) is 11.1 Å². The Labute approximate surface area is 116 Å². The average Bonchev–Trinajstić information content (AvgIpc) is 2.73. The molecule has 0 radical (unpaired) electrons. The second kappa shape index (κ2) is 7.07. The quantitative estimate of drug-likeness (QED) is 0.519. The summed E-state index contributed by atoms with van der Waals surface area (Å²) in [5.74, 6) is -1.03. The van der Waals surface area contributed by atoms with Crippen molar-refractivity contribution in [2.24, 2.45) is 0 Å². The highest BCUT2D eigenvalue weighted by molar-refractivity contribution is 6.16. The number of fused-ring (bicyclic) bond motifs is 1. The Hall–Kier alpha value is -1.64. The van der Waals surface area contributed by atoms with Crippen molar-refractivity contribution in [3.63, 3.8) is 0 Å². The minimum absolute atomic E-state index is 0.445. The Morgan fingerprint density at radius 1 is 0.579 bits per heavy atom. The molecule has 1 aromatic carbocycles.